The molecule has 0 saturated heterocycles. The van der Waals surface area contributed by atoms with Crippen molar-refractivity contribution in [3.05, 3.63) is 53.5 Å². The topological polar surface area (TPSA) is 108 Å². The second kappa shape index (κ2) is 6.97. The Morgan fingerprint density at radius 3 is 2.81 bits per heavy atom. The van der Waals surface area contributed by atoms with Crippen molar-refractivity contribution in [3.8, 4) is 11.3 Å². The number of amides is 1. The van der Waals surface area contributed by atoms with Crippen molar-refractivity contribution < 1.29 is 14.7 Å². The third-order valence-electron chi connectivity index (χ3n) is 3.81. The lowest BCUT2D eigenvalue weighted by molar-refractivity contribution is -0.111. The quantitative estimate of drug-likeness (QED) is 0.594. The Balaban J connectivity index is 2.25. The van der Waals surface area contributed by atoms with Crippen LogP contribution in [0.5, 0.6) is 0 Å². The van der Waals surface area contributed by atoms with Gasteiger partial charge in [0.1, 0.15) is 11.5 Å². The minimum absolute atomic E-state index is 0.0734. The molecule has 0 fully saturated rings. The number of H-pyrrole nitrogens is 1. The average molecular weight is 371 g/mol. The molecular weight excluding hydrogens is 356 g/mol. The minimum atomic E-state index is -1.08. The number of benzene rings is 1. The number of aromatic amines is 1. The fourth-order valence-corrected chi connectivity index (χ4v) is 2.73. The number of aromatic nitrogens is 3. The fourth-order valence-electron chi connectivity index (χ4n) is 2.57. The highest BCUT2D eigenvalue weighted by Crippen LogP contribution is 2.33. The third-order valence-corrected chi connectivity index (χ3v) is 4.14. The van der Waals surface area contributed by atoms with Crippen LogP contribution in [-0.2, 0) is 11.2 Å². The highest BCUT2D eigenvalue weighted by Gasteiger charge is 2.19. The van der Waals surface area contributed by atoms with Crippen LogP contribution >= 0.6 is 11.6 Å². The normalized spacial score (nSPS) is 10.7. The first-order chi connectivity index (χ1) is 12.4. The third kappa shape index (κ3) is 3.16. The lowest BCUT2D eigenvalue weighted by Crippen LogP contribution is -2.08. The predicted molar refractivity (Wildman–Crippen MR) is 99.5 cm³/mol. The van der Waals surface area contributed by atoms with E-state index in [2.05, 4.69) is 26.8 Å². The van der Waals surface area contributed by atoms with Gasteiger partial charge in [0.25, 0.3) is 0 Å². The Hall–Kier alpha value is -3.19. The zero-order chi connectivity index (χ0) is 18.8. The van der Waals surface area contributed by atoms with E-state index in [1.54, 1.807) is 18.2 Å². The Morgan fingerprint density at radius 2 is 2.15 bits per heavy atom. The average Bonchev–Trinajstić information content (AvgIpc) is 3.06. The maximum absolute atomic E-state index is 11.6. The summed E-state index contributed by atoms with van der Waals surface area (Å²) in [4.78, 5) is 34.9. The lowest BCUT2D eigenvalue weighted by atomic mass is 10.1. The number of anilines is 1. The van der Waals surface area contributed by atoms with Crippen LogP contribution in [0.15, 0.2) is 37.1 Å². The Morgan fingerprint density at radius 1 is 1.38 bits per heavy atom. The molecule has 0 aliphatic carbocycles. The second-order valence-electron chi connectivity index (χ2n) is 5.46. The van der Waals surface area contributed by atoms with Gasteiger partial charge in [-0.05, 0) is 18.2 Å². The molecule has 0 spiro atoms. The standard InChI is InChI=1S/C18H15ClN4O3/c1-3-13-22-16(15-10(18(25)26)8-20-17(15)23-13)9-5-6-11(19)12(7-9)21-14(24)4-2/h4-8H,2-3H2,1H3,(H,21,24)(H,25,26)(H,20,22,23). The first-order valence-electron chi connectivity index (χ1n) is 7.79. The minimum Gasteiger partial charge on any atom is -0.478 e. The number of rotatable bonds is 5. The summed E-state index contributed by atoms with van der Waals surface area (Å²) < 4.78 is 0. The number of carbonyl (C=O) groups is 2. The molecule has 26 heavy (non-hydrogen) atoms. The zero-order valence-electron chi connectivity index (χ0n) is 13.8. The maximum atomic E-state index is 11.6. The van der Waals surface area contributed by atoms with Crippen LogP contribution < -0.4 is 5.32 Å². The van der Waals surface area contributed by atoms with Gasteiger partial charge in [0, 0.05) is 18.2 Å². The van der Waals surface area contributed by atoms with Gasteiger partial charge in [0.15, 0.2) is 0 Å². The summed E-state index contributed by atoms with van der Waals surface area (Å²) in [7, 11) is 0. The number of aromatic carboxylic acids is 1. The molecule has 8 heteroatoms. The number of nitrogens with zero attached hydrogens (tertiary/aromatic N) is 2. The summed E-state index contributed by atoms with van der Waals surface area (Å²) in [6, 6.07) is 4.97. The smallest absolute Gasteiger partial charge is 0.338 e. The molecule has 7 nitrogen and oxygen atoms in total. The molecule has 132 valence electrons. The van der Waals surface area contributed by atoms with E-state index in [0.29, 0.717) is 45.2 Å². The number of carboxylic acids is 1. The first-order valence-corrected chi connectivity index (χ1v) is 8.17. The number of halogens is 1. The van der Waals surface area contributed by atoms with Crippen LogP contribution in [-0.4, -0.2) is 31.9 Å². The molecule has 1 amide bonds. The Bertz CT molecular complexity index is 1040. The van der Waals surface area contributed by atoms with E-state index >= 15 is 0 Å². The summed E-state index contributed by atoms with van der Waals surface area (Å²) in [6.07, 6.45) is 3.11. The van der Waals surface area contributed by atoms with Gasteiger partial charge < -0.3 is 15.4 Å². The second-order valence-corrected chi connectivity index (χ2v) is 5.87. The van der Waals surface area contributed by atoms with E-state index in [1.165, 1.54) is 6.20 Å². The molecule has 2 heterocycles. The van der Waals surface area contributed by atoms with Crippen molar-refractivity contribution in [2.24, 2.45) is 0 Å². The van der Waals surface area contributed by atoms with Crippen LogP contribution in [0.4, 0.5) is 5.69 Å². The van der Waals surface area contributed by atoms with E-state index < -0.39 is 11.9 Å². The van der Waals surface area contributed by atoms with Gasteiger partial charge in [-0.15, -0.1) is 0 Å². The van der Waals surface area contributed by atoms with Gasteiger partial charge in [-0.3, -0.25) is 4.79 Å². The molecule has 0 aliphatic heterocycles. The number of carboxylic acid groups (broad SMARTS) is 1. The van der Waals surface area contributed by atoms with Crippen molar-refractivity contribution in [1.29, 1.82) is 0 Å². The molecule has 0 bridgehead atoms. The summed E-state index contributed by atoms with van der Waals surface area (Å²) >= 11 is 6.14. The number of hydrogen-bond acceptors (Lipinski definition) is 4. The van der Waals surface area contributed by atoms with Gasteiger partial charge in [-0.1, -0.05) is 31.2 Å². The summed E-state index contributed by atoms with van der Waals surface area (Å²) in [6.45, 7) is 5.32. The molecule has 3 aromatic rings. The molecule has 3 rings (SSSR count). The summed E-state index contributed by atoms with van der Waals surface area (Å²) in [5, 5.41) is 12.8. The zero-order valence-corrected chi connectivity index (χ0v) is 14.6. The number of hydrogen-bond donors (Lipinski definition) is 3. The number of nitrogens with one attached hydrogen (secondary N) is 2. The highest BCUT2D eigenvalue weighted by molar-refractivity contribution is 6.34. The molecule has 0 unspecified atom stereocenters. The van der Waals surface area contributed by atoms with Crippen LogP contribution in [0.2, 0.25) is 5.02 Å². The largest absolute Gasteiger partial charge is 0.478 e. The summed E-state index contributed by atoms with van der Waals surface area (Å²) in [5.41, 5.74) is 1.96. The van der Waals surface area contributed by atoms with E-state index in [0.717, 1.165) is 6.08 Å². The first kappa shape index (κ1) is 17.6. The molecule has 3 N–H and O–H groups in total. The van der Waals surface area contributed by atoms with E-state index in [4.69, 9.17) is 11.6 Å². The monoisotopic (exact) mass is 370 g/mol. The summed E-state index contributed by atoms with van der Waals surface area (Å²) in [5.74, 6) is -0.920. The fraction of sp³-hybridized carbons (Fsp3) is 0.111. The van der Waals surface area contributed by atoms with Crippen LogP contribution in [0.3, 0.4) is 0 Å². The van der Waals surface area contributed by atoms with Crippen LogP contribution in [0.25, 0.3) is 22.3 Å². The van der Waals surface area contributed by atoms with Crippen molar-refractivity contribution in [3.63, 3.8) is 0 Å². The lowest BCUT2D eigenvalue weighted by Gasteiger charge is -2.10. The van der Waals surface area contributed by atoms with E-state index in [9.17, 15) is 14.7 Å². The van der Waals surface area contributed by atoms with E-state index in [1.807, 2.05) is 6.92 Å². The molecule has 0 saturated carbocycles. The SMILES string of the molecule is C=CC(=O)Nc1cc(-c2nc(CC)nc3[nH]cc(C(=O)O)c23)ccc1Cl. The number of carbonyl (C=O) groups excluding carboxylic acids is 1. The Kier molecular flexibility index (Phi) is 4.73. The van der Waals surface area contributed by atoms with Crippen molar-refractivity contribution >= 4 is 40.2 Å². The highest BCUT2D eigenvalue weighted by atomic mass is 35.5. The van der Waals surface area contributed by atoms with Crippen molar-refractivity contribution in [2.75, 3.05) is 5.32 Å². The molecule has 0 atom stereocenters. The van der Waals surface area contributed by atoms with E-state index in [-0.39, 0.29) is 5.56 Å². The van der Waals surface area contributed by atoms with Gasteiger partial charge in [0.2, 0.25) is 5.91 Å². The van der Waals surface area contributed by atoms with Gasteiger partial charge in [-0.2, -0.15) is 0 Å². The van der Waals surface area contributed by atoms with Gasteiger partial charge >= 0.3 is 5.97 Å². The van der Waals surface area contributed by atoms with Crippen molar-refractivity contribution in [2.45, 2.75) is 13.3 Å². The molecule has 2 aromatic heterocycles. The van der Waals surface area contributed by atoms with Gasteiger partial charge in [-0.25, -0.2) is 14.8 Å². The molecular formula is C18H15ClN4O3. The molecule has 0 radical (unpaired) electrons. The predicted octanol–water partition coefficient (Wildman–Crippen LogP) is 3.66. The van der Waals surface area contributed by atoms with Crippen molar-refractivity contribution in [1.82, 2.24) is 15.0 Å². The number of aryl methyl sites for hydroxylation is 1. The number of fused-ring (bicyclic) bond motifs is 1. The molecule has 0 aliphatic rings. The van der Waals surface area contributed by atoms with Crippen LogP contribution in [0.1, 0.15) is 23.1 Å². The van der Waals surface area contributed by atoms with Crippen LogP contribution in [0, 0.1) is 0 Å². The molecule has 1 aromatic carbocycles. The maximum Gasteiger partial charge on any atom is 0.338 e. The Labute approximate surface area is 153 Å². The van der Waals surface area contributed by atoms with Gasteiger partial charge in [0.05, 0.1) is 27.4 Å².